The van der Waals surface area contributed by atoms with Crippen molar-refractivity contribution in [1.82, 2.24) is 10.1 Å². The second-order valence-corrected chi connectivity index (χ2v) is 6.14. The molecule has 0 aliphatic heterocycles. The summed E-state index contributed by atoms with van der Waals surface area (Å²) in [6.45, 7) is -0.0866. The summed E-state index contributed by atoms with van der Waals surface area (Å²) >= 11 is 7.54. The first kappa shape index (κ1) is 16.5. The fourth-order valence-corrected chi connectivity index (χ4v) is 2.59. The molecule has 0 radical (unpaired) electrons. The summed E-state index contributed by atoms with van der Waals surface area (Å²) in [5.41, 5.74) is 1.21. The number of aromatic nitrogens is 2. The molecular formula is C17H13ClN2O3S. The van der Waals surface area contributed by atoms with Crippen LogP contribution in [-0.2, 0) is 11.3 Å². The molecule has 5 nitrogen and oxygen atoms in total. The van der Waals surface area contributed by atoms with Crippen molar-refractivity contribution in [3.05, 3.63) is 65.0 Å². The van der Waals surface area contributed by atoms with Crippen LogP contribution in [0.2, 0.25) is 5.02 Å². The highest BCUT2D eigenvalue weighted by atomic mass is 35.5. The molecule has 0 unspecified atom stereocenters. The number of esters is 1. The van der Waals surface area contributed by atoms with Gasteiger partial charge in [-0.25, -0.2) is 4.79 Å². The van der Waals surface area contributed by atoms with Crippen LogP contribution in [0.25, 0.3) is 11.4 Å². The lowest BCUT2D eigenvalue weighted by Gasteiger charge is -2.02. The molecule has 0 bridgehead atoms. The quantitative estimate of drug-likeness (QED) is 0.494. The predicted octanol–water partition coefficient (Wildman–Crippen LogP) is 4.47. The average Bonchev–Trinajstić information content (AvgIpc) is 3.09. The molecule has 24 heavy (non-hydrogen) atoms. The van der Waals surface area contributed by atoms with Gasteiger partial charge in [0.1, 0.15) is 0 Å². The Labute approximate surface area is 148 Å². The van der Waals surface area contributed by atoms with E-state index >= 15 is 0 Å². The molecule has 3 aromatic rings. The fourth-order valence-electron chi connectivity index (χ4n) is 2.00. The van der Waals surface area contributed by atoms with E-state index in [1.54, 1.807) is 42.1 Å². The molecule has 0 spiro atoms. The van der Waals surface area contributed by atoms with Crippen molar-refractivity contribution >= 4 is 29.3 Å². The Hall–Kier alpha value is -2.31. The number of nitrogens with zero attached hydrogens (tertiary/aromatic N) is 2. The highest BCUT2D eigenvalue weighted by Crippen LogP contribution is 2.20. The molecule has 3 rings (SSSR count). The third kappa shape index (κ3) is 3.96. The van der Waals surface area contributed by atoms with Crippen molar-refractivity contribution in [2.24, 2.45) is 0 Å². The number of halogens is 1. The van der Waals surface area contributed by atoms with E-state index in [0.29, 0.717) is 16.4 Å². The number of hydrogen-bond acceptors (Lipinski definition) is 6. The number of ether oxygens (including phenoxy) is 1. The minimum atomic E-state index is -0.440. The lowest BCUT2D eigenvalue weighted by atomic mass is 10.2. The van der Waals surface area contributed by atoms with Gasteiger partial charge in [0.2, 0.25) is 5.82 Å². The maximum Gasteiger partial charge on any atom is 0.338 e. The van der Waals surface area contributed by atoms with Crippen molar-refractivity contribution in [3.63, 3.8) is 0 Å². The first-order valence-corrected chi connectivity index (χ1v) is 8.65. The summed E-state index contributed by atoms with van der Waals surface area (Å²) < 4.78 is 10.3. The Kier molecular flexibility index (Phi) is 5.17. The zero-order valence-electron chi connectivity index (χ0n) is 12.7. The van der Waals surface area contributed by atoms with Gasteiger partial charge < -0.3 is 9.26 Å². The van der Waals surface area contributed by atoms with Gasteiger partial charge in [0, 0.05) is 15.5 Å². The van der Waals surface area contributed by atoms with Crippen LogP contribution in [0, 0.1) is 0 Å². The molecule has 122 valence electrons. The molecule has 7 heteroatoms. The van der Waals surface area contributed by atoms with Crippen molar-refractivity contribution in [1.29, 1.82) is 0 Å². The van der Waals surface area contributed by atoms with Gasteiger partial charge in [0.15, 0.2) is 6.61 Å². The summed E-state index contributed by atoms with van der Waals surface area (Å²) in [5, 5.41) is 4.44. The Morgan fingerprint density at radius 1 is 1.25 bits per heavy atom. The number of carbonyl (C=O) groups excluding carboxylic acids is 1. The van der Waals surface area contributed by atoms with Gasteiger partial charge >= 0.3 is 5.97 Å². The summed E-state index contributed by atoms with van der Waals surface area (Å²) in [6.07, 6.45) is 1.97. The predicted molar refractivity (Wildman–Crippen MR) is 92.1 cm³/mol. The van der Waals surface area contributed by atoms with Gasteiger partial charge in [-0.05, 0) is 42.7 Å². The van der Waals surface area contributed by atoms with Crippen molar-refractivity contribution < 1.29 is 14.1 Å². The zero-order valence-corrected chi connectivity index (χ0v) is 14.3. The SMILES string of the molecule is CSc1ccc(C(=O)OCc2nc(-c3cccc(Cl)c3)no2)cc1. The third-order valence-electron chi connectivity index (χ3n) is 3.20. The zero-order chi connectivity index (χ0) is 16.9. The second kappa shape index (κ2) is 7.51. The van der Waals surface area contributed by atoms with Crippen LogP contribution in [0.15, 0.2) is 57.9 Å². The first-order chi connectivity index (χ1) is 11.7. The van der Waals surface area contributed by atoms with E-state index in [1.165, 1.54) is 0 Å². The highest BCUT2D eigenvalue weighted by Gasteiger charge is 2.12. The molecule has 1 heterocycles. The van der Waals surface area contributed by atoms with Crippen LogP contribution in [0.1, 0.15) is 16.2 Å². The molecule has 0 saturated carbocycles. The summed E-state index contributed by atoms with van der Waals surface area (Å²) in [6, 6.07) is 14.3. The van der Waals surface area contributed by atoms with E-state index in [1.807, 2.05) is 24.5 Å². The first-order valence-electron chi connectivity index (χ1n) is 7.05. The molecule has 1 aromatic heterocycles. The lowest BCUT2D eigenvalue weighted by molar-refractivity contribution is 0.0429. The highest BCUT2D eigenvalue weighted by molar-refractivity contribution is 7.98. The van der Waals surface area contributed by atoms with Crippen molar-refractivity contribution in [2.75, 3.05) is 6.26 Å². The van der Waals surface area contributed by atoms with Crippen LogP contribution in [0.3, 0.4) is 0 Å². The molecule has 0 saturated heterocycles. The minimum Gasteiger partial charge on any atom is -0.452 e. The van der Waals surface area contributed by atoms with E-state index < -0.39 is 5.97 Å². The molecular weight excluding hydrogens is 348 g/mol. The van der Waals surface area contributed by atoms with Crippen molar-refractivity contribution in [2.45, 2.75) is 11.5 Å². The van der Waals surface area contributed by atoms with Gasteiger partial charge in [0.25, 0.3) is 5.89 Å². The number of carbonyl (C=O) groups is 1. The van der Waals surface area contributed by atoms with Crippen LogP contribution in [-0.4, -0.2) is 22.4 Å². The third-order valence-corrected chi connectivity index (χ3v) is 4.18. The van der Waals surface area contributed by atoms with Crippen LogP contribution in [0.4, 0.5) is 0 Å². The fraction of sp³-hybridized carbons (Fsp3) is 0.118. The lowest BCUT2D eigenvalue weighted by Crippen LogP contribution is -2.05. The van der Waals surface area contributed by atoms with Crippen LogP contribution in [0.5, 0.6) is 0 Å². The van der Waals surface area contributed by atoms with Crippen molar-refractivity contribution in [3.8, 4) is 11.4 Å². The van der Waals surface area contributed by atoms with Crippen LogP contribution >= 0.6 is 23.4 Å². The summed E-state index contributed by atoms with van der Waals surface area (Å²) in [4.78, 5) is 17.3. The molecule has 0 amide bonds. The average molecular weight is 361 g/mol. The molecule has 2 aromatic carbocycles. The Morgan fingerprint density at radius 2 is 2.04 bits per heavy atom. The van der Waals surface area contributed by atoms with E-state index in [-0.39, 0.29) is 12.5 Å². The minimum absolute atomic E-state index is 0.0866. The Bertz CT molecular complexity index is 849. The number of thioether (sulfide) groups is 1. The maximum absolute atomic E-state index is 12.0. The molecule has 0 aliphatic carbocycles. The Morgan fingerprint density at radius 3 is 2.75 bits per heavy atom. The molecule has 0 aliphatic rings. The molecule has 0 N–H and O–H groups in total. The monoisotopic (exact) mass is 360 g/mol. The molecule has 0 fully saturated rings. The van der Waals surface area contributed by atoms with Gasteiger partial charge in [-0.2, -0.15) is 4.98 Å². The molecule has 0 atom stereocenters. The van der Waals surface area contributed by atoms with E-state index in [2.05, 4.69) is 10.1 Å². The summed E-state index contributed by atoms with van der Waals surface area (Å²) in [7, 11) is 0. The van der Waals surface area contributed by atoms with Gasteiger partial charge in [-0.1, -0.05) is 28.9 Å². The van der Waals surface area contributed by atoms with E-state index in [9.17, 15) is 4.79 Å². The smallest absolute Gasteiger partial charge is 0.338 e. The maximum atomic E-state index is 12.0. The van der Waals surface area contributed by atoms with Gasteiger partial charge in [0.05, 0.1) is 5.56 Å². The number of hydrogen-bond donors (Lipinski definition) is 0. The topological polar surface area (TPSA) is 65.2 Å². The Balaban J connectivity index is 1.63. The van der Waals surface area contributed by atoms with Crippen LogP contribution < -0.4 is 0 Å². The number of rotatable bonds is 5. The van der Waals surface area contributed by atoms with E-state index in [4.69, 9.17) is 20.9 Å². The standard InChI is InChI=1S/C17H13ClN2O3S/c1-24-14-7-5-11(6-8-14)17(21)22-10-15-19-16(20-23-15)12-3-2-4-13(18)9-12/h2-9H,10H2,1H3. The van der Waals surface area contributed by atoms with E-state index in [0.717, 1.165) is 10.5 Å². The number of benzene rings is 2. The largest absolute Gasteiger partial charge is 0.452 e. The normalized spacial score (nSPS) is 10.6. The van der Waals surface area contributed by atoms with Gasteiger partial charge in [-0.15, -0.1) is 11.8 Å². The van der Waals surface area contributed by atoms with Gasteiger partial charge in [-0.3, -0.25) is 0 Å². The summed E-state index contributed by atoms with van der Waals surface area (Å²) in [5.74, 6) is 0.178. The second-order valence-electron chi connectivity index (χ2n) is 4.83.